The molecule has 2 rings (SSSR count). The second-order valence-electron chi connectivity index (χ2n) is 4.75. The lowest BCUT2D eigenvalue weighted by molar-refractivity contribution is 0.0696. The smallest absolute Gasteiger partial charge is 0.409 e. The van der Waals surface area contributed by atoms with Gasteiger partial charge in [0.2, 0.25) is 0 Å². The molecule has 1 aliphatic rings. The molecule has 0 atom stereocenters. The minimum atomic E-state index is -1.01. The maximum atomic E-state index is 11.6. The van der Waals surface area contributed by atoms with Crippen LogP contribution in [0, 0.1) is 0 Å². The predicted octanol–water partition coefficient (Wildman–Crippen LogP) is 1.25. The monoisotopic (exact) mass is 293 g/mol. The van der Waals surface area contributed by atoms with Gasteiger partial charge in [0, 0.05) is 31.9 Å². The Morgan fingerprint density at radius 2 is 1.95 bits per heavy atom. The molecule has 114 valence electrons. The molecule has 3 N–H and O–H groups in total. The van der Waals surface area contributed by atoms with E-state index in [1.54, 1.807) is 24.0 Å². The summed E-state index contributed by atoms with van der Waals surface area (Å²) in [6.45, 7) is 4.23. The molecule has 0 unspecified atom stereocenters. The first-order valence-electron chi connectivity index (χ1n) is 6.82. The fourth-order valence-electron chi connectivity index (χ4n) is 2.35. The van der Waals surface area contributed by atoms with E-state index in [1.165, 1.54) is 6.07 Å². The minimum Gasteiger partial charge on any atom is -0.478 e. The maximum absolute atomic E-state index is 11.6. The first-order chi connectivity index (χ1) is 10.0. The summed E-state index contributed by atoms with van der Waals surface area (Å²) in [7, 11) is 0. The first kappa shape index (κ1) is 15.0. The van der Waals surface area contributed by atoms with Crippen molar-refractivity contribution >= 4 is 23.4 Å². The Morgan fingerprint density at radius 1 is 1.29 bits per heavy atom. The van der Waals surface area contributed by atoms with E-state index < -0.39 is 5.97 Å². The van der Waals surface area contributed by atoms with Crippen molar-refractivity contribution in [2.24, 2.45) is 0 Å². The molecule has 7 heteroatoms. The highest BCUT2D eigenvalue weighted by Crippen LogP contribution is 2.24. The van der Waals surface area contributed by atoms with Gasteiger partial charge >= 0.3 is 12.1 Å². The Kier molecular flexibility index (Phi) is 4.52. The highest BCUT2D eigenvalue weighted by Gasteiger charge is 2.24. The van der Waals surface area contributed by atoms with Crippen molar-refractivity contribution in [1.82, 2.24) is 4.90 Å². The summed E-state index contributed by atoms with van der Waals surface area (Å²) in [4.78, 5) is 26.5. The maximum Gasteiger partial charge on any atom is 0.409 e. The molecule has 0 saturated carbocycles. The SMILES string of the molecule is CCOC(=O)N1CCN(c2ccc(N)cc2C(=O)O)CC1. The van der Waals surface area contributed by atoms with Crippen LogP contribution in [0.2, 0.25) is 0 Å². The van der Waals surface area contributed by atoms with Crippen LogP contribution in [-0.2, 0) is 4.74 Å². The summed E-state index contributed by atoms with van der Waals surface area (Å²) < 4.78 is 4.96. The first-order valence-corrected chi connectivity index (χ1v) is 6.82. The lowest BCUT2D eigenvalue weighted by atomic mass is 10.1. The summed E-state index contributed by atoms with van der Waals surface area (Å²) in [6, 6.07) is 4.84. The highest BCUT2D eigenvalue weighted by atomic mass is 16.6. The number of hydrogen-bond acceptors (Lipinski definition) is 5. The highest BCUT2D eigenvalue weighted by molar-refractivity contribution is 5.95. The van der Waals surface area contributed by atoms with Crippen LogP contribution in [0.1, 0.15) is 17.3 Å². The average Bonchev–Trinajstić information content (AvgIpc) is 2.47. The molecule has 1 saturated heterocycles. The Hall–Kier alpha value is -2.44. The van der Waals surface area contributed by atoms with Crippen LogP contribution in [-0.4, -0.2) is 54.9 Å². The van der Waals surface area contributed by atoms with Crippen LogP contribution in [0.5, 0.6) is 0 Å². The van der Waals surface area contributed by atoms with E-state index >= 15 is 0 Å². The Morgan fingerprint density at radius 3 is 2.52 bits per heavy atom. The van der Waals surface area contributed by atoms with Crippen molar-refractivity contribution in [3.8, 4) is 0 Å². The third kappa shape index (κ3) is 3.36. The van der Waals surface area contributed by atoms with Crippen molar-refractivity contribution in [2.45, 2.75) is 6.92 Å². The number of carbonyl (C=O) groups is 2. The van der Waals surface area contributed by atoms with Gasteiger partial charge in [-0.1, -0.05) is 0 Å². The average molecular weight is 293 g/mol. The summed E-state index contributed by atoms with van der Waals surface area (Å²) in [5.74, 6) is -1.01. The third-order valence-electron chi connectivity index (χ3n) is 3.40. The number of nitrogens with two attached hydrogens (primary N) is 1. The van der Waals surface area contributed by atoms with Crippen LogP contribution in [0.4, 0.5) is 16.2 Å². The molecule has 0 aliphatic carbocycles. The summed E-state index contributed by atoms with van der Waals surface area (Å²) in [5, 5.41) is 9.26. The van der Waals surface area contributed by atoms with Gasteiger partial charge in [-0.15, -0.1) is 0 Å². The second-order valence-corrected chi connectivity index (χ2v) is 4.75. The van der Waals surface area contributed by atoms with Crippen LogP contribution in [0.25, 0.3) is 0 Å². The predicted molar refractivity (Wildman–Crippen MR) is 78.6 cm³/mol. The number of benzene rings is 1. The van der Waals surface area contributed by atoms with Gasteiger partial charge in [0.1, 0.15) is 0 Å². The number of rotatable bonds is 3. The van der Waals surface area contributed by atoms with E-state index in [-0.39, 0.29) is 11.7 Å². The zero-order chi connectivity index (χ0) is 15.4. The van der Waals surface area contributed by atoms with E-state index in [4.69, 9.17) is 10.5 Å². The van der Waals surface area contributed by atoms with E-state index in [1.807, 2.05) is 4.90 Å². The zero-order valence-corrected chi connectivity index (χ0v) is 11.9. The summed E-state index contributed by atoms with van der Waals surface area (Å²) >= 11 is 0. The number of piperazine rings is 1. The Balaban J connectivity index is 2.09. The van der Waals surface area contributed by atoms with E-state index in [0.29, 0.717) is 44.2 Å². The fourth-order valence-corrected chi connectivity index (χ4v) is 2.35. The molecule has 1 fully saturated rings. The molecule has 0 radical (unpaired) electrons. The van der Waals surface area contributed by atoms with Gasteiger partial charge in [0.05, 0.1) is 17.9 Å². The van der Waals surface area contributed by atoms with Crippen molar-refractivity contribution in [3.63, 3.8) is 0 Å². The fraction of sp³-hybridized carbons (Fsp3) is 0.429. The number of ether oxygens (including phenoxy) is 1. The number of nitrogen functional groups attached to an aromatic ring is 1. The van der Waals surface area contributed by atoms with Gasteiger partial charge in [-0.05, 0) is 25.1 Å². The lowest BCUT2D eigenvalue weighted by Gasteiger charge is -2.36. The van der Waals surface area contributed by atoms with Crippen molar-refractivity contribution in [2.75, 3.05) is 43.4 Å². The number of carboxylic acids is 1. The Bertz CT molecular complexity index is 539. The lowest BCUT2D eigenvalue weighted by Crippen LogP contribution is -2.49. The van der Waals surface area contributed by atoms with Crippen molar-refractivity contribution in [3.05, 3.63) is 23.8 Å². The molecule has 0 spiro atoms. The number of nitrogens with zero attached hydrogens (tertiary/aromatic N) is 2. The standard InChI is InChI=1S/C14H19N3O4/c1-2-21-14(20)17-7-5-16(6-8-17)12-4-3-10(15)9-11(12)13(18)19/h3-4,9H,2,5-8,15H2,1H3,(H,18,19). The largest absolute Gasteiger partial charge is 0.478 e. The van der Waals surface area contributed by atoms with Gasteiger partial charge in [-0.25, -0.2) is 9.59 Å². The number of carboxylic acid groups (broad SMARTS) is 1. The van der Waals surface area contributed by atoms with Crippen LogP contribution in [0.3, 0.4) is 0 Å². The summed E-state index contributed by atoms with van der Waals surface area (Å²) in [6.07, 6.45) is -0.326. The van der Waals surface area contributed by atoms with E-state index in [2.05, 4.69) is 0 Å². The van der Waals surface area contributed by atoms with Gasteiger partial charge in [-0.2, -0.15) is 0 Å². The molecule has 1 aromatic carbocycles. The van der Waals surface area contributed by atoms with Crippen LogP contribution < -0.4 is 10.6 Å². The molecular weight excluding hydrogens is 274 g/mol. The number of anilines is 2. The second kappa shape index (κ2) is 6.34. The van der Waals surface area contributed by atoms with Crippen molar-refractivity contribution in [1.29, 1.82) is 0 Å². The van der Waals surface area contributed by atoms with E-state index in [9.17, 15) is 14.7 Å². The molecule has 0 bridgehead atoms. The van der Waals surface area contributed by atoms with Crippen LogP contribution >= 0.6 is 0 Å². The number of hydrogen-bond donors (Lipinski definition) is 2. The molecule has 0 aromatic heterocycles. The molecule has 1 aromatic rings. The molecular formula is C14H19N3O4. The van der Waals surface area contributed by atoms with Gasteiger partial charge in [-0.3, -0.25) is 0 Å². The van der Waals surface area contributed by atoms with Crippen LogP contribution in [0.15, 0.2) is 18.2 Å². The number of aromatic carboxylic acids is 1. The molecule has 1 amide bonds. The number of carbonyl (C=O) groups excluding carboxylic acids is 1. The Labute approximate surface area is 122 Å². The molecule has 1 aliphatic heterocycles. The quantitative estimate of drug-likeness (QED) is 0.814. The number of amides is 1. The normalized spacial score (nSPS) is 14.9. The minimum absolute atomic E-state index is 0.180. The topological polar surface area (TPSA) is 96.1 Å². The molecule has 7 nitrogen and oxygen atoms in total. The van der Waals surface area contributed by atoms with Gasteiger partial charge in [0.25, 0.3) is 0 Å². The zero-order valence-electron chi connectivity index (χ0n) is 11.9. The molecule has 21 heavy (non-hydrogen) atoms. The third-order valence-corrected chi connectivity index (χ3v) is 3.40. The van der Waals surface area contributed by atoms with E-state index in [0.717, 1.165) is 0 Å². The van der Waals surface area contributed by atoms with Gasteiger partial charge in [0.15, 0.2) is 0 Å². The van der Waals surface area contributed by atoms with Crippen molar-refractivity contribution < 1.29 is 19.4 Å². The van der Waals surface area contributed by atoms with Gasteiger partial charge < -0.3 is 25.4 Å². The molecule has 1 heterocycles. The summed E-state index contributed by atoms with van der Waals surface area (Å²) in [5.41, 5.74) is 6.86.